The third kappa shape index (κ3) is 10.4. The van der Waals surface area contributed by atoms with Crippen molar-refractivity contribution < 1.29 is 27.2 Å². The Balaban J connectivity index is 4.09. The monoisotopic (exact) mass is 377 g/mol. The highest BCUT2D eigenvalue weighted by Crippen LogP contribution is 2.59. The van der Waals surface area contributed by atoms with Crippen LogP contribution in [0.2, 0.25) is 0 Å². The van der Waals surface area contributed by atoms with Crippen LogP contribution in [-0.4, -0.2) is 51.4 Å². The summed E-state index contributed by atoms with van der Waals surface area (Å²) in [6, 6.07) is 0. The minimum Gasteiger partial charge on any atom is -0.315 e. The molecule has 0 spiro atoms. The summed E-state index contributed by atoms with van der Waals surface area (Å²) >= 11 is 1.12. The van der Waals surface area contributed by atoms with Crippen LogP contribution in [0.3, 0.4) is 0 Å². The van der Waals surface area contributed by atoms with Crippen LogP contribution in [0.5, 0.6) is 0 Å². The molecule has 22 heavy (non-hydrogen) atoms. The Kier molecular flexibility index (Phi) is 11.5. The fourth-order valence-corrected chi connectivity index (χ4v) is 5.90. The molecule has 0 aromatic carbocycles. The van der Waals surface area contributed by atoms with Gasteiger partial charge in [0.15, 0.2) is 0 Å². The summed E-state index contributed by atoms with van der Waals surface area (Å²) in [6.45, 7) is 5.36. The van der Waals surface area contributed by atoms with E-state index in [0.29, 0.717) is 25.0 Å². The molecule has 0 rings (SSSR count). The molecule has 0 aliphatic heterocycles. The first-order valence-electron chi connectivity index (χ1n) is 7.19. The molecule has 0 saturated carbocycles. The van der Waals surface area contributed by atoms with E-state index in [1.54, 1.807) is 0 Å². The van der Waals surface area contributed by atoms with Gasteiger partial charge in [-0.05, 0) is 39.1 Å². The third-order valence-corrected chi connectivity index (χ3v) is 8.53. The van der Waals surface area contributed by atoms with Gasteiger partial charge in [0.05, 0.1) is 18.4 Å². The Morgan fingerprint density at radius 2 is 1.45 bits per heavy atom. The van der Waals surface area contributed by atoms with Crippen molar-refractivity contribution in [2.45, 2.75) is 39.9 Å². The van der Waals surface area contributed by atoms with E-state index in [4.69, 9.17) is 18.1 Å². The maximum absolute atomic E-state index is 12.5. The van der Waals surface area contributed by atoms with Crippen LogP contribution < -0.4 is 5.32 Å². The van der Waals surface area contributed by atoms with Gasteiger partial charge in [0.25, 0.3) is 0 Å². The summed E-state index contributed by atoms with van der Waals surface area (Å²) in [4.78, 5) is 0. The Morgan fingerprint density at radius 1 is 0.955 bits per heavy atom. The van der Waals surface area contributed by atoms with Crippen molar-refractivity contribution >= 4 is 25.8 Å². The number of hydrogen-bond acceptors (Lipinski definition) is 8. The van der Waals surface area contributed by atoms with Gasteiger partial charge in [-0.25, -0.2) is 4.57 Å². The topological polar surface area (TPSA) is 83.1 Å². The number of rotatable bonds is 13. The molecular weight excluding hydrogens is 348 g/mol. The SMILES string of the molecule is COP(=O)(OC)SCCNCCP(=O)(OC(C)C)OC(C)C. The molecule has 0 aliphatic carbocycles. The molecule has 0 radical (unpaired) electrons. The predicted octanol–water partition coefficient (Wildman–Crippen LogP) is 3.75. The normalized spacial score (nSPS) is 13.3. The Labute approximate surface area is 138 Å². The number of hydrogen-bond donors (Lipinski definition) is 1. The first-order valence-corrected chi connectivity index (χ1v) is 12.0. The fraction of sp³-hybridized carbons (Fsp3) is 1.00. The molecule has 0 bridgehead atoms. The van der Waals surface area contributed by atoms with Gasteiger partial charge in [0.1, 0.15) is 0 Å². The Morgan fingerprint density at radius 3 is 1.86 bits per heavy atom. The minimum absolute atomic E-state index is 0.158. The summed E-state index contributed by atoms with van der Waals surface area (Å²) in [6.07, 6.45) is -0.0240. The van der Waals surface area contributed by atoms with E-state index in [2.05, 4.69) is 5.32 Å². The molecule has 0 saturated heterocycles. The molecule has 7 nitrogen and oxygen atoms in total. The molecule has 10 heteroatoms. The second-order valence-corrected chi connectivity index (χ2v) is 11.5. The molecule has 0 heterocycles. The van der Waals surface area contributed by atoms with Crippen molar-refractivity contribution in [3.05, 3.63) is 0 Å². The maximum Gasteiger partial charge on any atom is 0.388 e. The smallest absolute Gasteiger partial charge is 0.315 e. The van der Waals surface area contributed by atoms with Gasteiger partial charge in [0.2, 0.25) is 0 Å². The molecule has 0 aromatic rings. The van der Waals surface area contributed by atoms with E-state index in [9.17, 15) is 9.13 Å². The summed E-state index contributed by atoms with van der Waals surface area (Å²) in [7, 11) is -0.389. The molecule has 0 atom stereocenters. The second-order valence-electron chi connectivity index (χ2n) is 5.04. The van der Waals surface area contributed by atoms with Crippen LogP contribution in [0.25, 0.3) is 0 Å². The van der Waals surface area contributed by atoms with Gasteiger partial charge >= 0.3 is 14.4 Å². The second kappa shape index (κ2) is 11.2. The Hall–Kier alpha value is 0.610. The van der Waals surface area contributed by atoms with Crippen molar-refractivity contribution in [2.24, 2.45) is 0 Å². The zero-order valence-electron chi connectivity index (χ0n) is 14.2. The van der Waals surface area contributed by atoms with Crippen molar-refractivity contribution in [1.29, 1.82) is 0 Å². The molecule has 0 aliphatic rings. The lowest BCUT2D eigenvalue weighted by Crippen LogP contribution is -2.23. The molecular formula is C12H29NO6P2S. The van der Waals surface area contributed by atoms with Gasteiger partial charge in [0, 0.05) is 33.1 Å². The van der Waals surface area contributed by atoms with Crippen LogP contribution in [-0.2, 0) is 27.2 Å². The molecule has 1 N–H and O–H groups in total. The lowest BCUT2D eigenvalue weighted by Gasteiger charge is -2.22. The van der Waals surface area contributed by atoms with E-state index in [1.165, 1.54) is 14.2 Å². The lowest BCUT2D eigenvalue weighted by atomic mass is 10.5. The Bertz CT molecular complexity index is 372. The zero-order chi connectivity index (χ0) is 17.2. The van der Waals surface area contributed by atoms with Gasteiger partial charge < -0.3 is 23.4 Å². The van der Waals surface area contributed by atoms with Gasteiger partial charge in [-0.15, -0.1) is 0 Å². The lowest BCUT2D eigenvalue weighted by molar-refractivity contribution is 0.142. The highest BCUT2D eigenvalue weighted by Gasteiger charge is 2.27. The average Bonchev–Trinajstić information content (AvgIpc) is 2.40. The maximum atomic E-state index is 12.5. The van der Waals surface area contributed by atoms with Gasteiger partial charge in [-0.3, -0.25) is 4.57 Å². The standard InChI is InChI=1S/C12H29NO6P2S/c1-11(2)18-20(14,19-12(3)4)9-7-13-8-10-22-21(15,16-5)17-6/h11-13H,7-10H2,1-6H3. The zero-order valence-corrected chi connectivity index (χ0v) is 16.8. The molecule has 0 aromatic heterocycles. The van der Waals surface area contributed by atoms with Crippen LogP contribution in [0.1, 0.15) is 27.7 Å². The third-order valence-electron chi connectivity index (χ3n) is 2.28. The van der Waals surface area contributed by atoms with Crippen molar-refractivity contribution in [2.75, 3.05) is 39.2 Å². The largest absolute Gasteiger partial charge is 0.388 e. The van der Waals surface area contributed by atoms with Gasteiger partial charge in [-0.2, -0.15) is 0 Å². The summed E-state index contributed by atoms with van der Waals surface area (Å²) < 4.78 is 44.9. The van der Waals surface area contributed by atoms with E-state index in [0.717, 1.165) is 11.4 Å². The predicted molar refractivity (Wildman–Crippen MR) is 91.9 cm³/mol. The van der Waals surface area contributed by atoms with Crippen LogP contribution in [0, 0.1) is 0 Å². The highest BCUT2D eigenvalue weighted by atomic mass is 32.7. The average molecular weight is 377 g/mol. The number of nitrogens with one attached hydrogen (secondary N) is 1. The fourth-order valence-electron chi connectivity index (χ4n) is 1.52. The molecule has 0 amide bonds. The quantitative estimate of drug-likeness (QED) is 0.384. The van der Waals surface area contributed by atoms with E-state index in [-0.39, 0.29) is 12.2 Å². The highest BCUT2D eigenvalue weighted by molar-refractivity contribution is 8.55. The van der Waals surface area contributed by atoms with Crippen molar-refractivity contribution in [1.82, 2.24) is 5.32 Å². The minimum atomic E-state index is -3.10. The molecule has 0 fully saturated rings. The summed E-state index contributed by atoms with van der Waals surface area (Å²) in [5.74, 6) is 0.555. The summed E-state index contributed by atoms with van der Waals surface area (Å²) in [5.41, 5.74) is 0. The van der Waals surface area contributed by atoms with Crippen LogP contribution in [0.15, 0.2) is 0 Å². The van der Waals surface area contributed by atoms with E-state index in [1.807, 2.05) is 27.7 Å². The van der Waals surface area contributed by atoms with Crippen LogP contribution >= 0.6 is 25.8 Å². The van der Waals surface area contributed by atoms with Crippen LogP contribution in [0.4, 0.5) is 0 Å². The van der Waals surface area contributed by atoms with E-state index < -0.39 is 14.4 Å². The van der Waals surface area contributed by atoms with Gasteiger partial charge in [-0.1, -0.05) is 0 Å². The van der Waals surface area contributed by atoms with Crippen molar-refractivity contribution in [3.8, 4) is 0 Å². The first kappa shape index (κ1) is 22.6. The molecule has 134 valence electrons. The summed E-state index contributed by atoms with van der Waals surface area (Å²) in [5, 5.41) is 3.12. The first-order chi connectivity index (χ1) is 10.2. The van der Waals surface area contributed by atoms with E-state index >= 15 is 0 Å². The molecule has 0 unspecified atom stereocenters. The van der Waals surface area contributed by atoms with Crippen molar-refractivity contribution in [3.63, 3.8) is 0 Å².